The number of nitrogens with zero attached hydrogens (tertiary/aromatic N) is 3. The van der Waals surface area contributed by atoms with Crippen LogP contribution in [0.5, 0.6) is 0 Å². The van der Waals surface area contributed by atoms with Crippen LogP contribution in [-0.4, -0.2) is 38.7 Å². The number of hydrogen-bond acceptors (Lipinski definition) is 5. The van der Waals surface area contributed by atoms with Gasteiger partial charge in [-0.15, -0.1) is 0 Å². The summed E-state index contributed by atoms with van der Waals surface area (Å²) in [5.74, 6) is 0. The molecule has 0 radical (unpaired) electrons. The van der Waals surface area contributed by atoms with Crippen molar-refractivity contribution in [2.75, 3.05) is 19.6 Å². The largest absolute Gasteiger partial charge is 0.316 e. The molecular formula is C25H30N4OS3. The van der Waals surface area contributed by atoms with Gasteiger partial charge in [0.05, 0.1) is 11.4 Å². The zero-order chi connectivity index (χ0) is 24.1. The lowest BCUT2D eigenvalue weighted by Gasteiger charge is -2.13. The average molecular weight is 499 g/mol. The maximum absolute atomic E-state index is 13.1. The number of nitrogens with one attached hydrogen (secondary N) is 1. The van der Waals surface area contributed by atoms with Gasteiger partial charge >= 0.3 is 0 Å². The van der Waals surface area contributed by atoms with Gasteiger partial charge in [0.1, 0.15) is 10.3 Å². The monoisotopic (exact) mass is 498 g/mol. The van der Waals surface area contributed by atoms with E-state index >= 15 is 0 Å². The van der Waals surface area contributed by atoms with Crippen LogP contribution in [0.2, 0.25) is 0 Å². The summed E-state index contributed by atoms with van der Waals surface area (Å²) in [5.41, 5.74) is 4.44. The molecule has 2 aromatic heterocycles. The fourth-order valence-corrected chi connectivity index (χ4v) is 5.34. The third kappa shape index (κ3) is 5.41. The van der Waals surface area contributed by atoms with Crippen molar-refractivity contribution in [3.63, 3.8) is 0 Å². The molecule has 0 aliphatic heterocycles. The topological polar surface area (TPSA) is 46.0 Å². The van der Waals surface area contributed by atoms with Gasteiger partial charge in [-0.2, -0.15) is 0 Å². The molecule has 0 fully saturated rings. The second kappa shape index (κ2) is 11.2. The van der Waals surface area contributed by atoms with Crippen LogP contribution >= 0.6 is 35.8 Å². The van der Waals surface area contributed by atoms with E-state index in [0.29, 0.717) is 19.1 Å². The van der Waals surface area contributed by atoms with Gasteiger partial charge in [0.2, 0.25) is 0 Å². The quantitative estimate of drug-likeness (QED) is 0.315. The average Bonchev–Trinajstić information content (AvgIpc) is 3.12. The maximum atomic E-state index is 13.1. The smallest absolute Gasteiger partial charge is 0.278 e. The fraction of sp³-hybridized carbons (Fsp3) is 0.320. The zero-order valence-corrected chi connectivity index (χ0v) is 22.2. The molecular weight excluding hydrogens is 469 g/mol. The molecule has 4 aromatic rings. The maximum Gasteiger partial charge on any atom is 0.278 e. The minimum absolute atomic E-state index is 0.158. The summed E-state index contributed by atoms with van der Waals surface area (Å²) in [6, 6.07) is 15.5. The van der Waals surface area contributed by atoms with Gasteiger partial charge in [-0.05, 0) is 81.7 Å². The Bertz CT molecular complexity index is 1400. The van der Waals surface area contributed by atoms with Crippen LogP contribution in [0.1, 0.15) is 31.9 Å². The summed E-state index contributed by atoms with van der Waals surface area (Å²) < 4.78 is 4.93. The number of para-hydroxylation sites is 1. The number of hydrogen-bond donors (Lipinski definition) is 1. The van der Waals surface area contributed by atoms with Crippen LogP contribution in [0, 0.1) is 22.6 Å². The van der Waals surface area contributed by atoms with E-state index in [4.69, 9.17) is 24.4 Å². The van der Waals surface area contributed by atoms with Crippen molar-refractivity contribution in [3.8, 4) is 11.4 Å². The Kier molecular flexibility index (Phi) is 8.53. The standard InChI is InChI=1S/C19H15N3OS3.C6H15N/c1-11-8-9-14(12(2)10-11)22-16-15(26-19(22)25)17(23)21(18(24)20-16)13-6-4-3-5-7-13;1-4-7(5-2)6-3/h3-10H,1-2H3,(H,20,24);4-6H2,1-3H3. The van der Waals surface area contributed by atoms with Crippen molar-refractivity contribution in [1.82, 2.24) is 19.0 Å². The van der Waals surface area contributed by atoms with Crippen LogP contribution < -0.4 is 5.56 Å². The van der Waals surface area contributed by atoms with Crippen molar-refractivity contribution in [3.05, 3.63) is 78.7 Å². The van der Waals surface area contributed by atoms with Crippen LogP contribution in [-0.2, 0) is 0 Å². The lowest BCUT2D eigenvalue weighted by molar-refractivity contribution is 0.321. The van der Waals surface area contributed by atoms with E-state index in [0.717, 1.165) is 16.9 Å². The second-order valence-electron chi connectivity index (χ2n) is 7.70. The van der Waals surface area contributed by atoms with Gasteiger partial charge in [0, 0.05) is 0 Å². The minimum Gasteiger partial charge on any atom is -0.316 e. The summed E-state index contributed by atoms with van der Waals surface area (Å²) in [6.07, 6.45) is 0. The Morgan fingerprint density at radius 1 is 0.939 bits per heavy atom. The predicted octanol–water partition coefficient (Wildman–Crippen LogP) is 6.59. The van der Waals surface area contributed by atoms with Crippen LogP contribution in [0.25, 0.3) is 21.7 Å². The molecule has 2 heterocycles. The van der Waals surface area contributed by atoms with Gasteiger partial charge in [-0.3, -0.25) is 13.9 Å². The lowest BCUT2D eigenvalue weighted by atomic mass is 10.1. The first-order valence-electron chi connectivity index (χ1n) is 11.1. The summed E-state index contributed by atoms with van der Waals surface area (Å²) in [4.78, 5) is 18.7. The molecule has 8 heteroatoms. The van der Waals surface area contributed by atoms with Crippen LogP contribution in [0.4, 0.5) is 0 Å². The Morgan fingerprint density at radius 2 is 1.58 bits per heavy atom. The SMILES string of the molecule is CCN(CC)CC.Cc1ccc(-n2c(=S)sc3c(=O)n(-c4ccccc4)c(=S)[nH]c32)c(C)c1. The highest BCUT2D eigenvalue weighted by Crippen LogP contribution is 2.26. The highest BCUT2D eigenvalue weighted by atomic mass is 32.1. The van der Waals surface area contributed by atoms with Crippen molar-refractivity contribution >= 4 is 46.1 Å². The minimum atomic E-state index is -0.158. The van der Waals surface area contributed by atoms with E-state index in [1.807, 2.05) is 60.9 Å². The number of aromatic amines is 1. The lowest BCUT2D eigenvalue weighted by Crippen LogP contribution is -2.21. The Balaban J connectivity index is 0.000000383. The summed E-state index contributed by atoms with van der Waals surface area (Å²) >= 11 is 12.4. The third-order valence-electron chi connectivity index (χ3n) is 5.59. The highest BCUT2D eigenvalue weighted by molar-refractivity contribution is 7.73. The van der Waals surface area contributed by atoms with E-state index in [1.165, 1.54) is 41.1 Å². The molecule has 0 saturated carbocycles. The summed E-state index contributed by atoms with van der Waals surface area (Å²) in [5, 5.41) is 0. The predicted molar refractivity (Wildman–Crippen MR) is 146 cm³/mol. The Hall–Kier alpha value is -2.39. The van der Waals surface area contributed by atoms with Crippen molar-refractivity contribution in [2.24, 2.45) is 0 Å². The summed E-state index contributed by atoms with van der Waals surface area (Å²) in [7, 11) is 0. The number of thiazole rings is 1. The van der Waals surface area contributed by atoms with Gasteiger partial charge in [-0.25, -0.2) is 0 Å². The number of benzene rings is 2. The molecule has 2 aromatic carbocycles. The van der Waals surface area contributed by atoms with Crippen molar-refractivity contribution < 1.29 is 0 Å². The van der Waals surface area contributed by atoms with Crippen molar-refractivity contribution in [1.29, 1.82) is 0 Å². The van der Waals surface area contributed by atoms with Gasteiger partial charge in [-0.1, -0.05) is 68.0 Å². The van der Waals surface area contributed by atoms with Crippen molar-refractivity contribution in [2.45, 2.75) is 34.6 Å². The molecule has 5 nitrogen and oxygen atoms in total. The van der Waals surface area contributed by atoms with Gasteiger partial charge in [0.25, 0.3) is 5.56 Å². The first-order valence-corrected chi connectivity index (χ1v) is 12.7. The molecule has 0 atom stereocenters. The molecule has 0 amide bonds. The first kappa shape index (κ1) is 25.2. The van der Waals surface area contributed by atoms with E-state index in [2.05, 4.69) is 36.7 Å². The molecule has 0 unspecified atom stereocenters. The molecule has 0 spiro atoms. The number of H-pyrrole nitrogens is 1. The van der Waals surface area contributed by atoms with E-state index in [-0.39, 0.29) is 5.56 Å². The summed E-state index contributed by atoms with van der Waals surface area (Å²) in [6.45, 7) is 14.2. The molecule has 4 rings (SSSR count). The number of aromatic nitrogens is 3. The number of rotatable bonds is 5. The second-order valence-corrected chi connectivity index (χ2v) is 9.73. The number of aryl methyl sites for hydroxylation is 2. The fourth-order valence-electron chi connectivity index (χ4n) is 3.74. The van der Waals surface area contributed by atoms with Gasteiger partial charge < -0.3 is 9.88 Å². The highest BCUT2D eigenvalue weighted by Gasteiger charge is 2.16. The van der Waals surface area contributed by atoms with Gasteiger partial charge in [0.15, 0.2) is 8.73 Å². The zero-order valence-electron chi connectivity index (χ0n) is 19.7. The molecule has 0 saturated heterocycles. The van der Waals surface area contributed by atoms with Crippen LogP contribution in [0.15, 0.2) is 53.3 Å². The molecule has 0 bridgehead atoms. The van der Waals surface area contributed by atoms with E-state index in [1.54, 1.807) is 0 Å². The molecule has 174 valence electrons. The molecule has 33 heavy (non-hydrogen) atoms. The first-order chi connectivity index (χ1) is 15.8. The Labute approximate surface area is 209 Å². The van der Waals surface area contributed by atoms with E-state index < -0.39 is 0 Å². The Morgan fingerprint density at radius 3 is 2.12 bits per heavy atom. The molecule has 1 N–H and O–H groups in total. The molecule has 0 aliphatic rings. The molecule has 0 aliphatic carbocycles. The number of fused-ring (bicyclic) bond motifs is 1. The van der Waals surface area contributed by atoms with E-state index in [9.17, 15) is 4.79 Å². The third-order valence-corrected chi connectivity index (χ3v) is 7.23. The van der Waals surface area contributed by atoms with Crippen LogP contribution in [0.3, 0.4) is 0 Å². The normalized spacial score (nSPS) is 11.0.